The zero-order valence-corrected chi connectivity index (χ0v) is 19.2. The van der Waals surface area contributed by atoms with Gasteiger partial charge in [-0.25, -0.2) is 9.78 Å². The van der Waals surface area contributed by atoms with Gasteiger partial charge in [0.2, 0.25) is 0 Å². The highest BCUT2D eigenvalue weighted by atomic mass is 127. The van der Waals surface area contributed by atoms with Crippen LogP contribution in [0.3, 0.4) is 0 Å². The minimum Gasteiger partial charge on any atom is -0.462 e. The minimum atomic E-state index is -0.533. The molecule has 0 N–H and O–H groups in total. The van der Waals surface area contributed by atoms with E-state index in [4.69, 9.17) is 21.6 Å². The molecule has 30 heavy (non-hydrogen) atoms. The summed E-state index contributed by atoms with van der Waals surface area (Å²) in [5.74, 6) is -0.533. The summed E-state index contributed by atoms with van der Waals surface area (Å²) in [4.78, 5) is 16.2. The van der Waals surface area contributed by atoms with E-state index in [1.165, 1.54) is 0 Å². The molecule has 0 spiro atoms. The molecule has 2 aromatic heterocycles. The van der Waals surface area contributed by atoms with Crippen LogP contribution in [-0.4, -0.2) is 22.1 Å². The van der Waals surface area contributed by atoms with Gasteiger partial charge in [0.15, 0.2) is 0 Å². The van der Waals surface area contributed by atoms with Crippen LogP contribution in [0.1, 0.15) is 39.8 Å². The molecule has 0 saturated carbocycles. The third-order valence-corrected chi connectivity index (χ3v) is 6.21. The maximum absolute atomic E-state index is 12.1. The van der Waals surface area contributed by atoms with Crippen molar-refractivity contribution >= 4 is 40.2 Å². The van der Waals surface area contributed by atoms with Gasteiger partial charge in [0.1, 0.15) is 16.9 Å². The number of hydrogen-bond donors (Lipinski definition) is 0. The van der Waals surface area contributed by atoms with Crippen molar-refractivity contribution in [3.8, 4) is 23.3 Å². The van der Waals surface area contributed by atoms with Crippen LogP contribution >= 0.6 is 34.2 Å². The number of pyridine rings is 1. The number of nitriles is 2. The van der Waals surface area contributed by atoms with E-state index in [9.17, 15) is 10.1 Å². The summed E-state index contributed by atoms with van der Waals surface area (Å²) in [6.07, 6.45) is 1.58. The number of hydrogen-bond acceptors (Lipinski definition) is 5. The monoisotopic (exact) mass is 530 g/mol. The maximum atomic E-state index is 12.1. The normalized spacial score (nSPS) is 10.3. The van der Waals surface area contributed by atoms with E-state index in [1.807, 2.05) is 23.6 Å². The Kier molecular flexibility index (Phi) is 6.76. The van der Waals surface area contributed by atoms with Gasteiger partial charge in [-0.1, -0.05) is 23.7 Å². The van der Waals surface area contributed by atoms with Crippen LogP contribution in [0.5, 0.6) is 0 Å². The molecule has 0 unspecified atom stereocenters. The van der Waals surface area contributed by atoms with Gasteiger partial charge in [-0.05, 0) is 65.8 Å². The molecule has 3 rings (SSSR count). The fraction of sp³-hybridized carbons (Fsp3) is 0.182. The molecule has 0 atom stereocenters. The van der Waals surface area contributed by atoms with Gasteiger partial charge in [-0.3, -0.25) is 0 Å². The zero-order valence-electron chi connectivity index (χ0n) is 16.2. The Hall–Kier alpha value is -2.88. The summed E-state index contributed by atoms with van der Waals surface area (Å²) in [5.41, 5.74) is 4.56. The number of carbonyl (C=O) groups is 1. The average Bonchev–Trinajstić information content (AvgIpc) is 2.99. The molecule has 2 heterocycles. The first-order valence-electron chi connectivity index (χ1n) is 9.02. The Balaban J connectivity index is 2.06. The second-order valence-corrected chi connectivity index (χ2v) is 7.85. The molecule has 0 amide bonds. The lowest BCUT2D eigenvalue weighted by Crippen LogP contribution is -2.10. The number of esters is 1. The predicted molar refractivity (Wildman–Crippen MR) is 121 cm³/mol. The summed E-state index contributed by atoms with van der Waals surface area (Å²) in [5, 5.41) is 19.0. The Labute approximate surface area is 192 Å². The molecule has 6 nitrogen and oxygen atoms in total. The Morgan fingerprint density at radius 1 is 1.27 bits per heavy atom. The summed E-state index contributed by atoms with van der Waals surface area (Å²) in [7, 11) is 0. The van der Waals surface area contributed by atoms with E-state index in [0.717, 1.165) is 26.0 Å². The molecule has 8 heteroatoms. The van der Waals surface area contributed by atoms with Gasteiger partial charge in [0.25, 0.3) is 0 Å². The highest BCUT2D eigenvalue weighted by Gasteiger charge is 2.21. The zero-order chi connectivity index (χ0) is 21.8. The van der Waals surface area contributed by atoms with Crippen molar-refractivity contribution in [3.63, 3.8) is 0 Å². The Morgan fingerprint density at radius 2 is 1.97 bits per heavy atom. The van der Waals surface area contributed by atoms with Crippen molar-refractivity contribution in [1.82, 2.24) is 9.55 Å². The number of benzene rings is 1. The molecule has 0 bridgehead atoms. The Morgan fingerprint density at radius 3 is 2.57 bits per heavy atom. The summed E-state index contributed by atoms with van der Waals surface area (Å²) in [6, 6.07) is 13.2. The number of halogens is 2. The molecule has 0 saturated heterocycles. The number of aromatic nitrogens is 2. The van der Waals surface area contributed by atoms with Crippen molar-refractivity contribution in [1.29, 1.82) is 10.5 Å². The van der Waals surface area contributed by atoms with Crippen molar-refractivity contribution in [3.05, 3.63) is 73.3 Å². The maximum Gasteiger partial charge on any atom is 0.341 e. The highest BCUT2D eigenvalue weighted by Crippen LogP contribution is 2.34. The molecular formula is C22H16ClIN4O2. The van der Waals surface area contributed by atoms with Crippen molar-refractivity contribution < 1.29 is 9.53 Å². The van der Waals surface area contributed by atoms with Crippen LogP contribution in [0.25, 0.3) is 11.1 Å². The molecule has 3 aromatic rings. The molecule has 1 aromatic carbocycles. The quantitative estimate of drug-likeness (QED) is 0.260. The van der Waals surface area contributed by atoms with Crippen LogP contribution in [0.4, 0.5) is 0 Å². The molecule has 0 radical (unpaired) electrons. The highest BCUT2D eigenvalue weighted by molar-refractivity contribution is 14.1. The second kappa shape index (κ2) is 9.29. The number of ether oxygens (including phenoxy) is 1. The first-order chi connectivity index (χ1) is 14.4. The van der Waals surface area contributed by atoms with Crippen molar-refractivity contribution in [2.24, 2.45) is 0 Å². The largest absolute Gasteiger partial charge is 0.462 e. The molecule has 0 fully saturated rings. The summed E-state index contributed by atoms with van der Waals surface area (Å²) in [6.45, 7) is 4.24. The smallest absolute Gasteiger partial charge is 0.341 e. The standard InChI is InChI=1S/C22H16ClIN4O2/c1-3-30-22(29)17-8-15(11-27-21(17)23)12-28-13(2)20(24)19(18(28)10-26)16-6-4-14(9-25)5-7-16/h4-8,11H,3,12H2,1-2H3. The predicted octanol–water partition coefficient (Wildman–Crippen LogP) is 5.08. The molecule has 0 aliphatic heterocycles. The van der Waals surface area contributed by atoms with Crippen LogP contribution in [0, 0.1) is 33.2 Å². The van der Waals surface area contributed by atoms with Crippen LogP contribution in [0.15, 0.2) is 36.5 Å². The van der Waals surface area contributed by atoms with Gasteiger partial charge in [-0.15, -0.1) is 0 Å². The van der Waals surface area contributed by atoms with Gasteiger partial charge in [0.05, 0.1) is 30.3 Å². The third-order valence-electron chi connectivity index (χ3n) is 4.59. The van der Waals surface area contributed by atoms with E-state index in [-0.39, 0.29) is 17.3 Å². The fourth-order valence-corrected chi connectivity index (χ4v) is 4.15. The molecule has 150 valence electrons. The first-order valence-corrected chi connectivity index (χ1v) is 10.5. The SMILES string of the molecule is CCOC(=O)c1cc(Cn2c(C)c(I)c(-c3ccc(C#N)cc3)c2C#N)cnc1Cl. The number of carbonyl (C=O) groups excluding carboxylic acids is 1. The van der Waals surface area contributed by atoms with Crippen LogP contribution < -0.4 is 0 Å². The Bertz CT molecular complexity index is 1200. The van der Waals surface area contributed by atoms with E-state index >= 15 is 0 Å². The van der Waals surface area contributed by atoms with E-state index in [2.05, 4.69) is 39.7 Å². The van der Waals surface area contributed by atoms with Gasteiger partial charge >= 0.3 is 5.97 Å². The minimum absolute atomic E-state index is 0.0785. The lowest BCUT2D eigenvalue weighted by atomic mass is 10.0. The lowest BCUT2D eigenvalue weighted by Gasteiger charge is -2.10. The van der Waals surface area contributed by atoms with Gasteiger partial charge < -0.3 is 9.30 Å². The fourth-order valence-electron chi connectivity index (χ4n) is 3.11. The topological polar surface area (TPSA) is 91.7 Å². The third kappa shape index (κ3) is 4.18. The lowest BCUT2D eigenvalue weighted by molar-refractivity contribution is 0.0526. The van der Waals surface area contributed by atoms with Crippen molar-refractivity contribution in [2.75, 3.05) is 6.61 Å². The summed E-state index contributed by atoms with van der Waals surface area (Å²) >= 11 is 8.28. The second-order valence-electron chi connectivity index (χ2n) is 6.41. The molecule has 0 aliphatic carbocycles. The van der Waals surface area contributed by atoms with Crippen LogP contribution in [0.2, 0.25) is 5.15 Å². The number of nitrogens with zero attached hydrogens (tertiary/aromatic N) is 4. The van der Waals surface area contributed by atoms with Gasteiger partial charge in [0, 0.05) is 21.0 Å². The van der Waals surface area contributed by atoms with E-state index in [0.29, 0.717) is 17.8 Å². The first kappa shape index (κ1) is 21.8. The van der Waals surface area contributed by atoms with Gasteiger partial charge in [-0.2, -0.15) is 10.5 Å². The number of rotatable bonds is 5. The molecule has 0 aliphatic rings. The van der Waals surface area contributed by atoms with Crippen molar-refractivity contribution in [2.45, 2.75) is 20.4 Å². The van der Waals surface area contributed by atoms with E-state index in [1.54, 1.807) is 31.3 Å². The van der Waals surface area contributed by atoms with Crippen LogP contribution in [-0.2, 0) is 11.3 Å². The van der Waals surface area contributed by atoms with E-state index < -0.39 is 5.97 Å². The molecular weight excluding hydrogens is 515 g/mol. The average molecular weight is 531 g/mol. The summed E-state index contributed by atoms with van der Waals surface area (Å²) < 4.78 is 7.87.